The van der Waals surface area contributed by atoms with Crippen molar-refractivity contribution in [3.8, 4) is 0 Å². The first-order valence-electron chi connectivity index (χ1n) is 7.19. The maximum Gasteiger partial charge on any atom is 0.282 e. The van der Waals surface area contributed by atoms with Gasteiger partial charge in [-0.15, -0.1) is 12.4 Å². The number of ether oxygens (including phenoxy) is 1. The largest absolute Gasteiger partial charge is 0.373 e. The molecule has 6 nitrogen and oxygen atoms in total. The fourth-order valence-corrected chi connectivity index (χ4v) is 4.79. The molecule has 0 radical (unpaired) electrons. The first-order chi connectivity index (χ1) is 9.05. The minimum atomic E-state index is -3.42. The number of hydrogen-bond acceptors (Lipinski definition) is 4. The molecule has 2 N–H and O–H groups in total. The van der Waals surface area contributed by atoms with Crippen LogP contribution < -0.4 is 5.73 Å². The zero-order chi connectivity index (χ0) is 15.2. The molecule has 0 saturated carbocycles. The number of nitrogens with two attached hydrogens (primary N) is 1. The third kappa shape index (κ3) is 4.09. The van der Waals surface area contributed by atoms with Gasteiger partial charge in [-0.3, -0.25) is 0 Å². The van der Waals surface area contributed by atoms with Gasteiger partial charge in [-0.2, -0.15) is 17.0 Å². The zero-order valence-electron chi connectivity index (χ0n) is 13.3. The number of rotatable bonds is 2. The molecule has 2 aliphatic rings. The summed E-state index contributed by atoms with van der Waals surface area (Å²) in [6, 6.07) is 0.0510. The summed E-state index contributed by atoms with van der Waals surface area (Å²) in [7, 11) is -3.42. The van der Waals surface area contributed by atoms with E-state index in [0.29, 0.717) is 39.2 Å². The van der Waals surface area contributed by atoms with Crippen molar-refractivity contribution in [2.45, 2.75) is 45.8 Å². The van der Waals surface area contributed by atoms with Crippen LogP contribution >= 0.6 is 12.4 Å². The minimum Gasteiger partial charge on any atom is -0.373 e. The Morgan fingerprint density at radius 1 is 1.10 bits per heavy atom. The molecule has 2 aliphatic heterocycles. The highest BCUT2D eigenvalue weighted by atomic mass is 35.5. The van der Waals surface area contributed by atoms with E-state index in [0.717, 1.165) is 0 Å². The average molecular weight is 342 g/mol. The van der Waals surface area contributed by atoms with Crippen LogP contribution in [0.1, 0.15) is 34.1 Å². The lowest BCUT2D eigenvalue weighted by atomic mass is 9.81. The summed E-state index contributed by atoms with van der Waals surface area (Å²) in [6.45, 7) is 10.2. The lowest BCUT2D eigenvalue weighted by Gasteiger charge is -2.45. The van der Waals surface area contributed by atoms with Crippen molar-refractivity contribution < 1.29 is 13.2 Å². The van der Waals surface area contributed by atoms with Crippen molar-refractivity contribution in [3.63, 3.8) is 0 Å². The maximum atomic E-state index is 12.8. The van der Waals surface area contributed by atoms with Crippen molar-refractivity contribution in [2.24, 2.45) is 11.1 Å². The quantitative estimate of drug-likeness (QED) is 0.807. The highest BCUT2D eigenvalue weighted by Crippen LogP contribution is 2.31. The molecule has 1 unspecified atom stereocenters. The fraction of sp³-hybridized carbons (Fsp3) is 1.00. The number of piperidine rings is 1. The molecular formula is C13H28ClN3O3S. The first kappa shape index (κ1) is 19.1. The molecule has 126 valence electrons. The number of hydrogen-bond donors (Lipinski definition) is 1. The lowest BCUT2D eigenvalue weighted by molar-refractivity contribution is -0.0656. The third-order valence-corrected chi connectivity index (χ3v) is 6.25. The Balaban J connectivity index is 0.00000220. The second-order valence-corrected chi connectivity index (χ2v) is 9.10. The summed E-state index contributed by atoms with van der Waals surface area (Å²) in [5.41, 5.74) is 5.47. The number of halogens is 1. The van der Waals surface area contributed by atoms with Crippen LogP contribution in [0.3, 0.4) is 0 Å². The Labute approximate surface area is 134 Å². The van der Waals surface area contributed by atoms with Gasteiger partial charge in [0.05, 0.1) is 12.2 Å². The van der Waals surface area contributed by atoms with E-state index in [1.165, 1.54) is 0 Å². The summed E-state index contributed by atoms with van der Waals surface area (Å²) in [4.78, 5) is 0. The van der Waals surface area contributed by atoms with E-state index in [4.69, 9.17) is 10.5 Å². The van der Waals surface area contributed by atoms with Crippen molar-refractivity contribution in [3.05, 3.63) is 0 Å². The average Bonchev–Trinajstić information content (AvgIpc) is 2.31. The van der Waals surface area contributed by atoms with Gasteiger partial charge < -0.3 is 10.5 Å². The van der Waals surface area contributed by atoms with Gasteiger partial charge in [0.25, 0.3) is 10.2 Å². The molecule has 0 aromatic carbocycles. The van der Waals surface area contributed by atoms with E-state index in [-0.39, 0.29) is 23.9 Å². The van der Waals surface area contributed by atoms with E-state index in [9.17, 15) is 8.42 Å². The zero-order valence-corrected chi connectivity index (χ0v) is 15.0. The number of nitrogens with zero attached hydrogens (tertiary/aromatic N) is 2. The summed E-state index contributed by atoms with van der Waals surface area (Å²) >= 11 is 0. The third-order valence-electron chi connectivity index (χ3n) is 4.32. The van der Waals surface area contributed by atoms with E-state index >= 15 is 0 Å². The van der Waals surface area contributed by atoms with E-state index in [1.54, 1.807) is 8.61 Å². The molecule has 21 heavy (non-hydrogen) atoms. The van der Waals surface area contributed by atoms with Crippen LogP contribution in [-0.4, -0.2) is 61.5 Å². The fourth-order valence-electron chi connectivity index (χ4n) is 2.85. The molecule has 2 heterocycles. The Morgan fingerprint density at radius 2 is 1.67 bits per heavy atom. The molecule has 8 heteroatoms. The SMILES string of the molecule is CC1(C)CN(S(=O)(=O)N2CCC(N)C(C)(C)C2)CCO1.Cl. The van der Waals surface area contributed by atoms with Crippen molar-refractivity contribution >= 4 is 22.6 Å². The Kier molecular flexibility index (Phi) is 5.73. The van der Waals surface area contributed by atoms with Crippen molar-refractivity contribution in [2.75, 3.05) is 32.8 Å². The summed E-state index contributed by atoms with van der Waals surface area (Å²) in [5.74, 6) is 0. The van der Waals surface area contributed by atoms with Crippen LogP contribution in [0.25, 0.3) is 0 Å². The van der Waals surface area contributed by atoms with Crippen molar-refractivity contribution in [1.82, 2.24) is 8.61 Å². The van der Waals surface area contributed by atoms with Crippen LogP contribution in [0.5, 0.6) is 0 Å². The molecule has 0 aromatic rings. The van der Waals surface area contributed by atoms with Gasteiger partial charge >= 0.3 is 0 Å². The Hall–Kier alpha value is 0.0800. The molecule has 0 aliphatic carbocycles. The van der Waals surface area contributed by atoms with Gasteiger partial charge in [-0.05, 0) is 25.7 Å². The molecule has 2 rings (SSSR count). The van der Waals surface area contributed by atoms with Gasteiger partial charge in [-0.25, -0.2) is 0 Å². The lowest BCUT2D eigenvalue weighted by Crippen LogP contribution is -2.59. The first-order valence-corrected chi connectivity index (χ1v) is 8.59. The summed E-state index contributed by atoms with van der Waals surface area (Å²) in [6.07, 6.45) is 0.708. The second-order valence-electron chi connectivity index (χ2n) is 7.17. The van der Waals surface area contributed by atoms with Gasteiger partial charge in [0.2, 0.25) is 0 Å². The second kappa shape index (κ2) is 6.29. The van der Waals surface area contributed by atoms with Crippen LogP contribution in [0, 0.1) is 5.41 Å². The standard InChI is InChI=1S/C13H27N3O3S.ClH/c1-12(2)9-15(6-5-11(12)14)20(17,18)16-7-8-19-13(3,4)10-16;/h11H,5-10,14H2,1-4H3;1H. The van der Waals surface area contributed by atoms with Crippen molar-refractivity contribution in [1.29, 1.82) is 0 Å². The molecule has 0 aromatic heterocycles. The maximum absolute atomic E-state index is 12.8. The highest BCUT2D eigenvalue weighted by molar-refractivity contribution is 7.86. The molecule has 1 atom stereocenters. The normalized spacial score (nSPS) is 30.6. The van der Waals surface area contributed by atoms with E-state index in [2.05, 4.69) is 0 Å². The van der Waals surface area contributed by atoms with Crippen LogP contribution in [0.4, 0.5) is 0 Å². The molecular weight excluding hydrogens is 314 g/mol. The van der Waals surface area contributed by atoms with Crippen LogP contribution in [0.2, 0.25) is 0 Å². The van der Waals surface area contributed by atoms with Crippen LogP contribution in [-0.2, 0) is 14.9 Å². The monoisotopic (exact) mass is 341 g/mol. The predicted molar refractivity (Wildman–Crippen MR) is 85.7 cm³/mol. The summed E-state index contributed by atoms with van der Waals surface area (Å²) < 4.78 is 34.3. The van der Waals surface area contributed by atoms with Gasteiger partial charge in [0.15, 0.2) is 0 Å². The van der Waals surface area contributed by atoms with Gasteiger partial charge in [-0.1, -0.05) is 13.8 Å². The van der Waals surface area contributed by atoms with Gasteiger partial charge in [0.1, 0.15) is 0 Å². The Morgan fingerprint density at radius 3 is 2.19 bits per heavy atom. The molecule has 0 bridgehead atoms. The Bertz CT molecular complexity index is 467. The molecule has 2 saturated heterocycles. The smallest absolute Gasteiger partial charge is 0.282 e. The number of morpholine rings is 1. The van der Waals surface area contributed by atoms with Gasteiger partial charge in [0, 0.05) is 32.2 Å². The van der Waals surface area contributed by atoms with E-state index in [1.807, 2.05) is 27.7 Å². The van der Waals surface area contributed by atoms with E-state index < -0.39 is 15.8 Å². The van der Waals surface area contributed by atoms with Crippen LogP contribution in [0.15, 0.2) is 0 Å². The molecule has 0 spiro atoms. The summed E-state index contributed by atoms with van der Waals surface area (Å²) in [5, 5.41) is 0. The molecule has 0 amide bonds. The predicted octanol–water partition coefficient (Wildman–Crippen LogP) is 0.823. The highest BCUT2D eigenvalue weighted by Gasteiger charge is 2.42. The topological polar surface area (TPSA) is 75.9 Å². The molecule has 2 fully saturated rings. The minimum absolute atomic E-state index is 0.